The molecule has 2 aromatic rings. The zero-order valence-electron chi connectivity index (χ0n) is 5.33. The van der Waals surface area contributed by atoms with Crippen LogP contribution in [0.25, 0.3) is 11.0 Å². The lowest BCUT2D eigenvalue weighted by Crippen LogP contribution is -1.99. The van der Waals surface area contributed by atoms with Crippen molar-refractivity contribution in [3.63, 3.8) is 0 Å². The molecule has 0 aliphatic carbocycles. The fraction of sp³-hybridized carbons (Fsp3) is 0. The predicted octanol–water partition coefficient (Wildman–Crippen LogP) is 0.357. The minimum Gasteiger partial charge on any atom is -0.353 e. The first-order chi connectivity index (χ1) is 4.86. The van der Waals surface area contributed by atoms with Crippen LogP contribution in [0.4, 0.5) is 0 Å². The molecule has 0 aromatic carbocycles. The maximum absolute atomic E-state index is 5.50. The Labute approximate surface area is 59.7 Å². The Hall–Kier alpha value is -1.25. The van der Waals surface area contributed by atoms with E-state index in [4.69, 9.17) is 7.85 Å². The van der Waals surface area contributed by atoms with Gasteiger partial charge in [-0.3, -0.25) is 0 Å². The summed E-state index contributed by atoms with van der Waals surface area (Å²) in [7, 11) is 5.50. The summed E-state index contributed by atoms with van der Waals surface area (Å²) in [5.74, 6) is 0. The monoisotopic (exact) mass is 128 g/mol. The number of aromatic amines is 1. The van der Waals surface area contributed by atoms with Crippen LogP contribution in [0.15, 0.2) is 24.4 Å². The van der Waals surface area contributed by atoms with Crippen molar-refractivity contribution in [3.8, 4) is 0 Å². The third kappa shape index (κ3) is 0.710. The minimum absolute atomic E-state index is 0.661. The average Bonchev–Trinajstić information content (AvgIpc) is 2.27. The first kappa shape index (κ1) is 5.53. The van der Waals surface area contributed by atoms with Crippen molar-refractivity contribution in [2.45, 2.75) is 0 Å². The fourth-order valence-electron chi connectivity index (χ4n) is 0.979. The molecule has 3 heteroatoms. The molecule has 10 heavy (non-hydrogen) atoms. The van der Waals surface area contributed by atoms with Crippen molar-refractivity contribution in [1.29, 1.82) is 0 Å². The molecule has 0 aliphatic rings. The van der Waals surface area contributed by atoms with Gasteiger partial charge < -0.3 is 4.98 Å². The Morgan fingerprint density at radius 2 is 2.40 bits per heavy atom. The van der Waals surface area contributed by atoms with Crippen LogP contribution in [0.2, 0.25) is 0 Å². The number of nitrogens with one attached hydrogen (secondary N) is 1. The second kappa shape index (κ2) is 1.87. The molecular weight excluding hydrogens is 123 g/mol. The van der Waals surface area contributed by atoms with E-state index < -0.39 is 0 Å². The Bertz CT molecular complexity index is 320. The first-order valence-electron chi connectivity index (χ1n) is 3.05. The van der Waals surface area contributed by atoms with Crippen LogP contribution in [-0.2, 0) is 0 Å². The van der Waals surface area contributed by atoms with Gasteiger partial charge in [0.25, 0.3) is 0 Å². The van der Waals surface area contributed by atoms with E-state index in [0.717, 1.165) is 11.0 Å². The number of nitrogens with zero attached hydrogens (tertiary/aromatic N) is 1. The molecule has 0 saturated heterocycles. The smallest absolute Gasteiger partial charge is 0.138 e. The van der Waals surface area contributed by atoms with Gasteiger partial charge in [-0.05, 0) is 23.8 Å². The zero-order valence-corrected chi connectivity index (χ0v) is 5.33. The summed E-state index contributed by atoms with van der Waals surface area (Å²) in [4.78, 5) is 6.99. The lowest BCUT2D eigenvalue weighted by Gasteiger charge is -1.82. The molecule has 0 amide bonds. The van der Waals surface area contributed by atoms with Gasteiger partial charge in [0.2, 0.25) is 0 Å². The maximum Gasteiger partial charge on any atom is 0.138 e. The highest BCUT2D eigenvalue weighted by Crippen LogP contribution is 2.04. The van der Waals surface area contributed by atoms with Crippen molar-refractivity contribution in [1.82, 2.24) is 9.97 Å². The molecule has 1 N–H and O–H groups in total. The Kier molecular flexibility index (Phi) is 1.03. The van der Waals surface area contributed by atoms with Crippen LogP contribution in [0, 0.1) is 0 Å². The largest absolute Gasteiger partial charge is 0.353 e. The highest BCUT2D eigenvalue weighted by molar-refractivity contribution is 6.32. The summed E-state index contributed by atoms with van der Waals surface area (Å²) in [6, 6.07) is 5.72. The fourth-order valence-corrected chi connectivity index (χ4v) is 0.979. The number of hydrogen-bond donors (Lipinski definition) is 1. The standard InChI is InChI=1S/C7H5BN2/c8-6-4-5-2-1-3-9-7(5)10-6/h1-4H,(H,9,10). The molecular formula is C7H5BN2. The van der Waals surface area contributed by atoms with Crippen molar-refractivity contribution in [3.05, 3.63) is 24.4 Å². The van der Waals surface area contributed by atoms with E-state index in [0.29, 0.717) is 5.59 Å². The molecule has 0 fully saturated rings. The van der Waals surface area contributed by atoms with Crippen LogP contribution >= 0.6 is 0 Å². The van der Waals surface area contributed by atoms with Crippen molar-refractivity contribution >= 4 is 24.5 Å². The van der Waals surface area contributed by atoms with Gasteiger partial charge in [0.05, 0.1) is 0 Å². The first-order valence-corrected chi connectivity index (χ1v) is 3.05. The molecule has 0 unspecified atom stereocenters. The summed E-state index contributed by atoms with van der Waals surface area (Å²) in [5, 5.41) is 1.06. The molecule has 0 saturated carbocycles. The summed E-state index contributed by atoms with van der Waals surface area (Å²) < 4.78 is 0. The van der Waals surface area contributed by atoms with E-state index in [1.807, 2.05) is 18.2 Å². The van der Waals surface area contributed by atoms with Crippen molar-refractivity contribution in [2.75, 3.05) is 0 Å². The molecule has 2 rings (SSSR count). The second-order valence-electron chi connectivity index (χ2n) is 2.17. The molecule has 2 radical (unpaired) electrons. The van der Waals surface area contributed by atoms with E-state index in [1.165, 1.54) is 0 Å². The number of pyridine rings is 1. The molecule has 2 heterocycles. The van der Waals surface area contributed by atoms with Gasteiger partial charge in [-0.2, -0.15) is 0 Å². The molecule has 46 valence electrons. The number of H-pyrrole nitrogens is 1. The number of hydrogen-bond acceptors (Lipinski definition) is 1. The number of fused-ring (bicyclic) bond motifs is 1. The third-order valence-electron chi connectivity index (χ3n) is 1.41. The topological polar surface area (TPSA) is 28.7 Å². The number of aromatic nitrogens is 2. The highest BCUT2D eigenvalue weighted by Gasteiger charge is 1.93. The molecule has 2 aromatic heterocycles. The summed E-state index contributed by atoms with van der Waals surface area (Å²) >= 11 is 0. The summed E-state index contributed by atoms with van der Waals surface area (Å²) in [6.07, 6.45) is 1.73. The molecule has 2 nitrogen and oxygen atoms in total. The van der Waals surface area contributed by atoms with Gasteiger partial charge in [-0.15, -0.1) is 0 Å². The summed E-state index contributed by atoms with van der Waals surface area (Å²) in [6.45, 7) is 0. The van der Waals surface area contributed by atoms with E-state index in [2.05, 4.69) is 9.97 Å². The van der Waals surface area contributed by atoms with Crippen LogP contribution in [0.3, 0.4) is 0 Å². The van der Waals surface area contributed by atoms with Crippen LogP contribution in [0.1, 0.15) is 0 Å². The van der Waals surface area contributed by atoms with Gasteiger partial charge in [-0.1, -0.05) is 0 Å². The van der Waals surface area contributed by atoms with Crippen LogP contribution < -0.4 is 5.59 Å². The van der Waals surface area contributed by atoms with Crippen LogP contribution in [-0.4, -0.2) is 17.8 Å². The van der Waals surface area contributed by atoms with E-state index in [-0.39, 0.29) is 0 Å². The van der Waals surface area contributed by atoms with Gasteiger partial charge >= 0.3 is 0 Å². The SMILES string of the molecule is [B]c1cc2cccnc2[nH]1. The van der Waals surface area contributed by atoms with Crippen molar-refractivity contribution in [2.24, 2.45) is 0 Å². The molecule has 0 atom stereocenters. The van der Waals surface area contributed by atoms with Crippen molar-refractivity contribution < 1.29 is 0 Å². The normalized spacial score (nSPS) is 10.4. The van der Waals surface area contributed by atoms with Gasteiger partial charge in [-0.25, -0.2) is 4.98 Å². The van der Waals surface area contributed by atoms with Gasteiger partial charge in [0, 0.05) is 11.6 Å². The highest BCUT2D eigenvalue weighted by atomic mass is 14.8. The Morgan fingerprint density at radius 3 is 3.20 bits per heavy atom. The lowest BCUT2D eigenvalue weighted by atomic mass is 10.1. The third-order valence-corrected chi connectivity index (χ3v) is 1.41. The van der Waals surface area contributed by atoms with E-state index >= 15 is 0 Å². The van der Waals surface area contributed by atoms with E-state index in [9.17, 15) is 0 Å². The predicted molar refractivity (Wildman–Crippen MR) is 41.5 cm³/mol. The molecule has 0 bridgehead atoms. The lowest BCUT2D eigenvalue weighted by molar-refractivity contribution is 1.34. The van der Waals surface area contributed by atoms with Crippen LogP contribution in [0.5, 0.6) is 0 Å². The second-order valence-corrected chi connectivity index (χ2v) is 2.17. The number of rotatable bonds is 0. The maximum atomic E-state index is 5.50. The Balaban J connectivity index is 2.88. The quantitative estimate of drug-likeness (QED) is 0.509. The zero-order chi connectivity index (χ0) is 6.97. The van der Waals surface area contributed by atoms with E-state index in [1.54, 1.807) is 6.20 Å². The molecule has 0 spiro atoms. The Morgan fingerprint density at radius 1 is 1.50 bits per heavy atom. The molecule has 0 aliphatic heterocycles. The average molecular weight is 128 g/mol. The summed E-state index contributed by atoms with van der Waals surface area (Å²) in [5.41, 5.74) is 1.51. The van der Waals surface area contributed by atoms with Gasteiger partial charge in [0.1, 0.15) is 13.5 Å². The minimum atomic E-state index is 0.661. The van der Waals surface area contributed by atoms with Gasteiger partial charge in [0.15, 0.2) is 0 Å².